The summed E-state index contributed by atoms with van der Waals surface area (Å²) in [4.78, 5) is 32.9. The molecular weight excluding hydrogens is 530 g/mol. The summed E-state index contributed by atoms with van der Waals surface area (Å²) in [5, 5.41) is 11.4. The number of hydrogen-bond donors (Lipinski definition) is 1. The van der Waals surface area contributed by atoms with Crippen molar-refractivity contribution in [2.24, 2.45) is 11.8 Å². The van der Waals surface area contributed by atoms with E-state index in [1.54, 1.807) is 19.1 Å². The van der Waals surface area contributed by atoms with Crippen molar-refractivity contribution in [3.8, 4) is 5.88 Å². The lowest BCUT2D eigenvalue weighted by molar-refractivity contribution is -0.128. The Morgan fingerprint density at radius 3 is 2.24 bits per heavy atom. The molecule has 3 aromatic rings. The van der Waals surface area contributed by atoms with Crippen LogP contribution >= 0.6 is 0 Å². The molecule has 0 bridgehead atoms. The van der Waals surface area contributed by atoms with Gasteiger partial charge in [-0.15, -0.1) is 5.10 Å². The summed E-state index contributed by atoms with van der Waals surface area (Å²) < 4.78 is 30.9. The van der Waals surface area contributed by atoms with E-state index in [0.29, 0.717) is 42.5 Å². The van der Waals surface area contributed by atoms with E-state index in [1.165, 1.54) is 24.0 Å². The van der Waals surface area contributed by atoms with Gasteiger partial charge in [-0.1, -0.05) is 18.2 Å². The van der Waals surface area contributed by atoms with Crippen molar-refractivity contribution in [3.05, 3.63) is 77.2 Å². The van der Waals surface area contributed by atoms with Crippen molar-refractivity contribution in [1.29, 1.82) is 0 Å². The second-order valence-corrected chi connectivity index (χ2v) is 11.2. The number of carbonyl (C=O) groups is 2. The number of ether oxygens (including phenoxy) is 1. The molecule has 2 saturated heterocycles. The summed E-state index contributed by atoms with van der Waals surface area (Å²) in [6.07, 6.45) is 0.139. The van der Waals surface area contributed by atoms with E-state index < -0.39 is 11.8 Å². The first-order valence-corrected chi connectivity index (χ1v) is 13.9. The van der Waals surface area contributed by atoms with Gasteiger partial charge in [0, 0.05) is 75.0 Å². The predicted molar refractivity (Wildman–Crippen MR) is 146 cm³/mol. The summed E-state index contributed by atoms with van der Waals surface area (Å²) in [5.41, 5.74) is 2.46. The molecule has 3 fully saturated rings. The van der Waals surface area contributed by atoms with E-state index in [9.17, 15) is 18.4 Å². The number of benzene rings is 1. The standard InChI is InChI=1S/C30H32F2N6O3/c1-19(39)37-14-22-16-38(17-23(22)15-37)24-5-2-20(3-6-24)12-34-29(40)30(10-11-30)26-8-9-27(36-35-26)41-18-21-4-7-25(28(31)32)33-13-21/h2-9,13,22-23,28H,10-12,14-18H2,1H3,(H,34,40)/t22-,23+. The third kappa shape index (κ3) is 5.71. The second kappa shape index (κ2) is 11.0. The Kier molecular flexibility index (Phi) is 7.27. The number of carbonyl (C=O) groups excluding carboxylic acids is 2. The molecule has 1 aromatic carbocycles. The summed E-state index contributed by atoms with van der Waals surface area (Å²) in [5.74, 6) is 1.43. The molecule has 2 atom stereocenters. The smallest absolute Gasteiger partial charge is 0.280 e. The average molecular weight is 563 g/mol. The summed E-state index contributed by atoms with van der Waals surface area (Å²) >= 11 is 0. The average Bonchev–Trinajstić information content (AvgIpc) is 3.55. The molecule has 4 heterocycles. The van der Waals surface area contributed by atoms with Crippen molar-refractivity contribution in [2.45, 2.75) is 44.8 Å². The number of alkyl halides is 2. The Bertz CT molecular complexity index is 1380. The van der Waals surface area contributed by atoms with E-state index >= 15 is 0 Å². The van der Waals surface area contributed by atoms with Gasteiger partial charge >= 0.3 is 0 Å². The van der Waals surface area contributed by atoms with Crippen LogP contribution in [0.15, 0.2) is 54.7 Å². The fourth-order valence-electron chi connectivity index (χ4n) is 5.82. The van der Waals surface area contributed by atoms with E-state index in [1.807, 2.05) is 17.0 Å². The molecule has 3 aliphatic rings. The van der Waals surface area contributed by atoms with Gasteiger partial charge < -0.3 is 19.9 Å². The summed E-state index contributed by atoms with van der Waals surface area (Å²) in [6, 6.07) is 14.5. The number of fused-ring (bicyclic) bond motifs is 1. The van der Waals surface area contributed by atoms with Gasteiger partial charge in [-0.2, -0.15) is 5.10 Å². The minimum atomic E-state index is -2.61. The fraction of sp³-hybridized carbons (Fsp3) is 0.433. The fourth-order valence-corrected chi connectivity index (χ4v) is 5.82. The van der Waals surface area contributed by atoms with Crippen LogP contribution in [-0.4, -0.2) is 58.1 Å². The molecule has 0 unspecified atom stereocenters. The zero-order valence-corrected chi connectivity index (χ0v) is 22.8. The number of pyridine rings is 1. The zero-order chi connectivity index (χ0) is 28.6. The molecule has 0 radical (unpaired) electrons. The van der Waals surface area contributed by atoms with Crippen LogP contribution in [0.3, 0.4) is 0 Å². The van der Waals surface area contributed by atoms with Crippen LogP contribution in [-0.2, 0) is 28.2 Å². The van der Waals surface area contributed by atoms with E-state index in [-0.39, 0.29) is 30.0 Å². The molecule has 41 heavy (non-hydrogen) atoms. The number of nitrogens with zero attached hydrogens (tertiary/aromatic N) is 5. The molecule has 0 spiro atoms. The number of rotatable bonds is 9. The highest BCUT2D eigenvalue weighted by Gasteiger charge is 2.53. The van der Waals surface area contributed by atoms with Crippen LogP contribution in [0.25, 0.3) is 0 Å². The third-order valence-electron chi connectivity index (χ3n) is 8.46. The molecule has 2 amide bonds. The predicted octanol–water partition coefficient (Wildman–Crippen LogP) is 3.65. The maximum atomic E-state index is 13.1. The lowest BCUT2D eigenvalue weighted by Crippen LogP contribution is -2.35. The second-order valence-electron chi connectivity index (χ2n) is 11.2. The van der Waals surface area contributed by atoms with Gasteiger partial charge in [0.2, 0.25) is 17.7 Å². The van der Waals surface area contributed by atoms with Gasteiger partial charge in [-0.3, -0.25) is 14.6 Å². The minimum absolute atomic E-state index is 0.0721. The van der Waals surface area contributed by atoms with E-state index in [4.69, 9.17) is 4.74 Å². The minimum Gasteiger partial charge on any atom is -0.472 e. The Morgan fingerprint density at radius 2 is 1.68 bits per heavy atom. The number of nitrogens with one attached hydrogen (secondary N) is 1. The molecule has 2 aromatic heterocycles. The van der Waals surface area contributed by atoms with Crippen LogP contribution in [0.4, 0.5) is 14.5 Å². The number of likely N-dealkylation sites (tertiary alicyclic amines) is 1. The van der Waals surface area contributed by atoms with Gasteiger partial charge in [0.15, 0.2) is 0 Å². The normalized spacial score (nSPS) is 20.7. The van der Waals surface area contributed by atoms with Crippen LogP contribution in [0.5, 0.6) is 5.88 Å². The molecule has 1 aliphatic carbocycles. The maximum absolute atomic E-state index is 13.1. The number of anilines is 1. The highest BCUT2D eigenvalue weighted by molar-refractivity contribution is 5.90. The molecule has 11 heteroatoms. The number of hydrogen-bond acceptors (Lipinski definition) is 7. The Hall–Kier alpha value is -4.15. The van der Waals surface area contributed by atoms with Gasteiger partial charge in [0.25, 0.3) is 6.43 Å². The van der Waals surface area contributed by atoms with E-state index in [0.717, 1.165) is 31.7 Å². The zero-order valence-electron chi connectivity index (χ0n) is 22.8. The van der Waals surface area contributed by atoms with Crippen molar-refractivity contribution < 1.29 is 23.1 Å². The van der Waals surface area contributed by atoms with Crippen molar-refractivity contribution in [1.82, 2.24) is 25.4 Å². The van der Waals surface area contributed by atoms with E-state index in [2.05, 4.69) is 37.5 Å². The molecule has 1 N–H and O–H groups in total. The van der Waals surface area contributed by atoms with Gasteiger partial charge in [-0.05, 0) is 42.7 Å². The highest BCUT2D eigenvalue weighted by Crippen LogP contribution is 2.47. The van der Waals surface area contributed by atoms with Crippen LogP contribution in [0, 0.1) is 11.8 Å². The molecule has 214 valence electrons. The number of halogens is 2. The third-order valence-corrected chi connectivity index (χ3v) is 8.46. The first-order valence-electron chi connectivity index (χ1n) is 13.9. The lowest BCUT2D eigenvalue weighted by atomic mass is 10.0. The van der Waals surface area contributed by atoms with Crippen LogP contribution < -0.4 is 15.0 Å². The number of amides is 2. The summed E-state index contributed by atoms with van der Waals surface area (Å²) in [7, 11) is 0. The molecule has 1 saturated carbocycles. The van der Waals surface area contributed by atoms with Crippen molar-refractivity contribution >= 4 is 17.5 Å². The first-order chi connectivity index (χ1) is 19.8. The topological polar surface area (TPSA) is 101 Å². The molecule has 2 aliphatic heterocycles. The quantitative estimate of drug-likeness (QED) is 0.425. The van der Waals surface area contributed by atoms with Crippen molar-refractivity contribution in [2.75, 3.05) is 31.1 Å². The first kappa shape index (κ1) is 27.0. The summed E-state index contributed by atoms with van der Waals surface area (Å²) in [6.45, 7) is 5.80. The maximum Gasteiger partial charge on any atom is 0.280 e. The largest absolute Gasteiger partial charge is 0.472 e. The van der Waals surface area contributed by atoms with Gasteiger partial charge in [-0.25, -0.2) is 8.78 Å². The SMILES string of the molecule is CC(=O)N1C[C@@H]2CN(c3ccc(CNC(=O)C4(c5ccc(OCc6ccc(C(F)F)nc6)nn5)CC4)cc3)C[C@@H]2C1. The molecule has 9 nitrogen and oxygen atoms in total. The monoisotopic (exact) mass is 562 g/mol. The van der Waals surface area contributed by atoms with Gasteiger partial charge in [0.05, 0.1) is 11.1 Å². The Morgan fingerprint density at radius 1 is 0.976 bits per heavy atom. The Balaban J connectivity index is 0.988. The van der Waals surface area contributed by atoms with Gasteiger partial charge in [0.1, 0.15) is 12.3 Å². The van der Waals surface area contributed by atoms with Crippen LogP contribution in [0.1, 0.15) is 48.7 Å². The highest BCUT2D eigenvalue weighted by atomic mass is 19.3. The number of aromatic nitrogens is 3. The lowest BCUT2D eigenvalue weighted by Gasteiger charge is -2.23. The van der Waals surface area contributed by atoms with Crippen LogP contribution in [0.2, 0.25) is 0 Å². The van der Waals surface area contributed by atoms with Crippen molar-refractivity contribution in [3.63, 3.8) is 0 Å². The molecule has 6 rings (SSSR count). The molecular formula is C30H32F2N6O3. The Labute approximate surface area is 236 Å².